The normalized spacial score (nSPS) is 44.8. The van der Waals surface area contributed by atoms with Crippen molar-refractivity contribution >= 4 is 0 Å². The molecule has 1 heterocycles. The summed E-state index contributed by atoms with van der Waals surface area (Å²) in [6.45, 7) is 2.25. The molecule has 3 rings (SSSR count). The van der Waals surface area contributed by atoms with E-state index in [1.54, 1.807) is 0 Å². The molecule has 0 aromatic rings. The molecule has 0 spiro atoms. The molecule has 104 valence electrons. The fourth-order valence-electron chi connectivity index (χ4n) is 4.36. The number of aliphatic hydroxyl groups is 1. The van der Waals surface area contributed by atoms with Crippen LogP contribution in [-0.4, -0.2) is 36.4 Å². The van der Waals surface area contributed by atoms with Gasteiger partial charge in [-0.2, -0.15) is 0 Å². The van der Waals surface area contributed by atoms with Gasteiger partial charge >= 0.3 is 0 Å². The summed E-state index contributed by atoms with van der Waals surface area (Å²) in [5.41, 5.74) is 0. The lowest BCUT2D eigenvalue weighted by atomic mass is 9.92. The molecule has 18 heavy (non-hydrogen) atoms. The van der Waals surface area contributed by atoms with Crippen LogP contribution in [0.15, 0.2) is 0 Å². The van der Waals surface area contributed by atoms with Crippen LogP contribution in [0.4, 0.5) is 0 Å². The topological polar surface area (TPSA) is 44.3 Å². The summed E-state index contributed by atoms with van der Waals surface area (Å²) in [4.78, 5) is 0. The van der Waals surface area contributed by atoms with E-state index >= 15 is 0 Å². The Hall–Kier alpha value is -0.120. The maximum absolute atomic E-state index is 9.89. The van der Waals surface area contributed by atoms with Crippen LogP contribution < -0.4 is 10.6 Å². The Morgan fingerprint density at radius 1 is 1.00 bits per heavy atom. The van der Waals surface area contributed by atoms with Crippen molar-refractivity contribution in [3.8, 4) is 0 Å². The van der Waals surface area contributed by atoms with E-state index in [1.165, 1.54) is 51.5 Å². The first-order valence-electron chi connectivity index (χ1n) is 7.99. The Bertz CT molecular complexity index is 265. The van der Waals surface area contributed by atoms with Crippen LogP contribution in [0.2, 0.25) is 0 Å². The maximum atomic E-state index is 9.89. The zero-order valence-electron chi connectivity index (χ0n) is 11.4. The van der Waals surface area contributed by atoms with E-state index in [0.29, 0.717) is 12.0 Å². The number of nitrogens with one attached hydrogen (secondary N) is 2. The van der Waals surface area contributed by atoms with Crippen LogP contribution in [0.5, 0.6) is 0 Å². The summed E-state index contributed by atoms with van der Waals surface area (Å²) in [5.74, 6) is 1.36. The summed E-state index contributed by atoms with van der Waals surface area (Å²) in [7, 11) is 0. The lowest BCUT2D eigenvalue weighted by Crippen LogP contribution is -2.44. The van der Waals surface area contributed by atoms with E-state index in [-0.39, 0.29) is 6.10 Å². The van der Waals surface area contributed by atoms with Crippen LogP contribution in [0.25, 0.3) is 0 Å². The van der Waals surface area contributed by atoms with E-state index in [2.05, 4.69) is 10.6 Å². The molecule has 3 N–H and O–H groups in total. The lowest BCUT2D eigenvalue weighted by molar-refractivity contribution is 0.128. The van der Waals surface area contributed by atoms with Crippen molar-refractivity contribution in [1.29, 1.82) is 0 Å². The second-order valence-corrected chi connectivity index (χ2v) is 6.57. The number of aliphatic hydroxyl groups excluding tert-OH is 1. The molecule has 5 unspecified atom stereocenters. The molecule has 3 fully saturated rings. The quantitative estimate of drug-likeness (QED) is 0.713. The van der Waals surface area contributed by atoms with Gasteiger partial charge in [0, 0.05) is 18.6 Å². The first kappa shape index (κ1) is 12.9. The zero-order valence-corrected chi connectivity index (χ0v) is 11.4. The van der Waals surface area contributed by atoms with Gasteiger partial charge in [-0.1, -0.05) is 12.8 Å². The molecule has 2 saturated carbocycles. The van der Waals surface area contributed by atoms with Gasteiger partial charge in [0.05, 0.1) is 6.10 Å². The largest absolute Gasteiger partial charge is 0.393 e. The van der Waals surface area contributed by atoms with Gasteiger partial charge < -0.3 is 15.7 Å². The first-order chi connectivity index (χ1) is 8.84. The second-order valence-electron chi connectivity index (χ2n) is 6.57. The summed E-state index contributed by atoms with van der Waals surface area (Å²) < 4.78 is 0. The van der Waals surface area contributed by atoms with Crippen LogP contribution in [-0.2, 0) is 0 Å². The smallest absolute Gasteiger partial charge is 0.0580 e. The third kappa shape index (κ3) is 2.73. The molecule has 1 saturated heterocycles. The van der Waals surface area contributed by atoms with Gasteiger partial charge in [-0.05, 0) is 56.9 Å². The molecule has 2 aliphatic carbocycles. The molecule has 3 nitrogen and oxygen atoms in total. The van der Waals surface area contributed by atoms with E-state index in [0.717, 1.165) is 24.9 Å². The van der Waals surface area contributed by atoms with Gasteiger partial charge in [-0.25, -0.2) is 0 Å². The van der Waals surface area contributed by atoms with Gasteiger partial charge in [0.15, 0.2) is 0 Å². The van der Waals surface area contributed by atoms with Crippen molar-refractivity contribution < 1.29 is 5.11 Å². The maximum Gasteiger partial charge on any atom is 0.0580 e. The predicted molar refractivity (Wildman–Crippen MR) is 73.5 cm³/mol. The Morgan fingerprint density at radius 2 is 1.89 bits per heavy atom. The zero-order chi connectivity index (χ0) is 12.4. The highest BCUT2D eigenvalue weighted by Gasteiger charge is 2.35. The van der Waals surface area contributed by atoms with Crippen molar-refractivity contribution in [3.05, 3.63) is 0 Å². The fourth-order valence-corrected chi connectivity index (χ4v) is 4.36. The van der Waals surface area contributed by atoms with Crippen LogP contribution >= 0.6 is 0 Å². The highest BCUT2D eigenvalue weighted by Crippen LogP contribution is 2.32. The molecule has 3 heteroatoms. The van der Waals surface area contributed by atoms with Gasteiger partial charge in [0.25, 0.3) is 0 Å². The Morgan fingerprint density at radius 3 is 2.61 bits per heavy atom. The molecule has 0 amide bonds. The third-order valence-corrected chi connectivity index (χ3v) is 5.45. The number of rotatable bonds is 4. The molecule has 0 bridgehead atoms. The van der Waals surface area contributed by atoms with Gasteiger partial charge in [0.1, 0.15) is 0 Å². The summed E-state index contributed by atoms with van der Waals surface area (Å²) in [5, 5.41) is 17.3. The summed E-state index contributed by atoms with van der Waals surface area (Å²) in [6.07, 6.45) is 10.2. The summed E-state index contributed by atoms with van der Waals surface area (Å²) >= 11 is 0. The van der Waals surface area contributed by atoms with Crippen LogP contribution in [0.3, 0.4) is 0 Å². The molecule has 5 atom stereocenters. The Kier molecular flexibility index (Phi) is 4.22. The van der Waals surface area contributed by atoms with E-state index in [9.17, 15) is 5.11 Å². The minimum Gasteiger partial charge on any atom is -0.393 e. The van der Waals surface area contributed by atoms with Gasteiger partial charge in [-0.3, -0.25) is 0 Å². The average Bonchev–Trinajstić information content (AvgIpc) is 3.07. The molecule has 1 aliphatic heterocycles. The van der Waals surface area contributed by atoms with Crippen molar-refractivity contribution in [2.45, 2.75) is 69.6 Å². The highest BCUT2D eigenvalue weighted by molar-refractivity contribution is 4.94. The van der Waals surface area contributed by atoms with Crippen molar-refractivity contribution in [2.24, 2.45) is 11.8 Å². The average molecular weight is 252 g/mol. The molecule has 0 aromatic heterocycles. The van der Waals surface area contributed by atoms with E-state index < -0.39 is 0 Å². The van der Waals surface area contributed by atoms with Gasteiger partial charge in [-0.15, -0.1) is 0 Å². The first-order valence-corrected chi connectivity index (χ1v) is 7.99. The highest BCUT2D eigenvalue weighted by atomic mass is 16.3. The number of hydrogen-bond acceptors (Lipinski definition) is 3. The number of hydrogen-bond donors (Lipinski definition) is 3. The van der Waals surface area contributed by atoms with E-state index in [4.69, 9.17) is 0 Å². The van der Waals surface area contributed by atoms with Crippen LogP contribution in [0, 0.1) is 11.8 Å². The minimum atomic E-state index is -0.0399. The van der Waals surface area contributed by atoms with Crippen molar-refractivity contribution in [3.63, 3.8) is 0 Å². The Balaban J connectivity index is 1.48. The standard InChI is InChI=1S/C15H28N2O/c18-15-8-1-4-11(15)10-17-14-6-2-5-12(14)13-7-3-9-16-13/h11-18H,1-10H2. The molecular weight excluding hydrogens is 224 g/mol. The monoisotopic (exact) mass is 252 g/mol. The van der Waals surface area contributed by atoms with E-state index in [1.807, 2.05) is 0 Å². The summed E-state index contributed by atoms with van der Waals surface area (Å²) in [6, 6.07) is 1.46. The van der Waals surface area contributed by atoms with Crippen LogP contribution in [0.1, 0.15) is 51.4 Å². The SMILES string of the molecule is OC1CCCC1CNC1CCCC1C1CCCN1. The second kappa shape index (κ2) is 5.89. The molecule has 0 radical (unpaired) electrons. The Labute approximate surface area is 111 Å². The van der Waals surface area contributed by atoms with Crippen molar-refractivity contribution in [1.82, 2.24) is 10.6 Å². The molecular formula is C15H28N2O. The fraction of sp³-hybridized carbons (Fsp3) is 1.00. The lowest BCUT2D eigenvalue weighted by Gasteiger charge is -2.28. The third-order valence-electron chi connectivity index (χ3n) is 5.45. The van der Waals surface area contributed by atoms with Gasteiger partial charge in [0.2, 0.25) is 0 Å². The predicted octanol–water partition coefficient (Wildman–Crippen LogP) is 1.66. The molecule has 0 aromatic carbocycles. The van der Waals surface area contributed by atoms with Crippen molar-refractivity contribution in [2.75, 3.05) is 13.1 Å². The molecule has 3 aliphatic rings. The minimum absolute atomic E-state index is 0.0399.